The molecule has 1 aliphatic rings. The van der Waals surface area contributed by atoms with Crippen LogP contribution >= 0.6 is 0 Å². The number of anilines is 1. The molecule has 0 saturated carbocycles. The molecule has 1 amide bonds. The summed E-state index contributed by atoms with van der Waals surface area (Å²) in [5.41, 5.74) is 3.44. The number of imidazole rings is 1. The van der Waals surface area contributed by atoms with Gasteiger partial charge in [0.05, 0.1) is 30.8 Å². The average Bonchev–Trinajstić information content (AvgIpc) is 3.06. The number of fused-ring (bicyclic) bond motifs is 1. The molecule has 0 bridgehead atoms. The second kappa shape index (κ2) is 8.54. The number of amides is 1. The van der Waals surface area contributed by atoms with Gasteiger partial charge in [-0.3, -0.25) is 9.69 Å². The molecule has 0 spiro atoms. The maximum Gasteiger partial charge on any atom is 0.255 e. The third kappa shape index (κ3) is 4.08. The van der Waals surface area contributed by atoms with Crippen molar-refractivity contribution in [1.82, 2.24) is 14.5 Å². The van der Waals surface area contributed by atoms with E-state index in [-0.39, 0.29) is 5.91 Å². The molecule has 1 aliphatic heterocycles. The number of carbonyl (C=O) groups excluding carboxylic acids is 1. The molecule has 6 heteroatoms. The standard InChI is InChI=1S/C22H26N4O2/c1-2-10-26-20-9-8-18(23-22(27)17-6-4-3-5-7-17)15-19(20)24-21(26)16-25-11-13-28-14-12-25/h3-9,15H,2,10-14,16H2,1H3,(H,23,27). The summed E-state index contributed by atoms with van der Waals surface area (Å²) in [7, 11) is 0. The Hall–Kier alpha value is -2.70. The number of hydrogen-bond donors (Lipinski definition) is 1. The Morgan fingerprint density at radius 2 is 1.93 bits per heavy atom. The van der Waals surface area contributed by atoms with Gasteiger partial charge in [-0.05, 0) is 36.8 Å². The molecular formula is C22H26N4O2. The Balaban J connectivity index is 1.59. The molecule has 6 nitrogen and oxygen atoms in total. The number of aromatic nitrogens is 2. The van der Waals surface area contributed by atoms with Crippen LogP contribution in [0.4, 0.5) is 5.69 Å². The molecule has 1 saturated heterocycles. The van der Waals surface area contributed by atoms with Crippen molar-refractivity contribution in [2.45, 2.75) is 26.4 Å². The minimum Gasteiger partial charge on any atom is -0.379 e. The molecule has 1 N–H and O–H groups in total. The first-order valence-corrected chi connectivity index (χ1v) is 9.90. The monoisotopic (exact) mass is 378 g/mol. The normalized spacial score (nSPS) is 15.0. The largest absolute Gasteiger partial charge is 0.379 e. The molecule has 4 rings (SSSR count). The van der Waals surface area contributed by atoms with E-state index in [0.29, 0.717) is 5.56 Å². The number of aryl methyl sites for hydroxylation is 1. The summed E-state index contributed by atoms with van der Waals surface area (Å²) in [5, 5.41) is 2.98. The summed E-state index contributed by atoms with van der Waals surface area (Å²) in [4.78, 5) is 19.7. The van der Waals surface area contributed by atoms with Crippen molar-refractivity contribution in [2.24, 2.45) is 0 Å². The fourth-order valence-corrected chi connectivity index (χ4v) is 3.60. The number of ether oxygens (including phenoxy) is 1. The molecule has 0 aliphatic carbocycles. The Morgan fingerprint density at radius 3 is 2.68 bits per heavy atom. The second-order valence-corrected chi connectivity index (χ2v) is 7.09. The topological polar surface area (TPSA) is 59.4 Å². The molecule has 3 aromatic rings. The third-order valence-corrected chi connectivity index (χ3v) is 5.04. The SMILES string of the molecule is CCCn1c(CN2CCOCC2)nc2cc(NC(=O)c3ccccc3)ccc21. The minimum atomic E-state index is -0.110. The predicted molar refractivity (Wildman–Crippen MR) is 111 cm³/mol. The lowest BCUT2D eigenvalue weighted by atomic mass is 10.2. The summed E-state index contributed by atoms with van der Waals surface area (Å²) >= 11 is 0. The van der Waals surface area contributed by atoms with Gasteiger partial charge in [-0.25, -0.2) is 4.98 Å². The van der Waals surface area contributed by atoms with Gasteiger partial charge in [-0.15, -0.1) is 0 Å². The van der Waals surface area contributed by atoms with E-state index in [0.717, 1.165) is 68.4 Å². The number of carbonyl (C=O) groups is 1. The van der Waals surface area contributed by atoms with Gasteiger partial charge in [0.2, 0.25) is 0 Å². The summed E-state index contributed by atoms with van der Waals surface area (Å²) in [6, 6.07) is 15.2. The highest BCUT2D eigenvalue weighted by Crippen LogP contribution is 2.23. The number of hydrogen-bond acceptors (Lipinski definition) is 4. The number of benzene rings is 2. The van der Waals surface area contributed by atoms with Crippen molar-refractivity contribution >= 4 is 22.6 Å². The summed E-state index contributed by atoms with van der Waals surface area (Å²) in [6.45, 7) is 7.38. The lowest BCUT2D eigenvalue weighted by Crippen LogP contribution is -2.36. The fraction of sp³-hybridized carbons (Fsp3) is 0.364. The van der Waals surface area contributed by atoms with E-state index in [1.54, 1.807) is 0 Å². The quantitative estimate of drug-likeness (QED) is 0.713. The second-order valence-electron chi connectivity index (χ2n) is 7.09. The molecule has 0 radical (unpaired) electrons. The van der Waals surface area contributed by atoms with Crippen LogP contribution in [0.15, 0.2) is 48.5 Å². The molecule has 1 fully saturated rings. The van der Waals surface area contributed by atoms with Crippen molar-refractivity contribution in [1.29, 1.82) is 0 Å². The number of rotatable bonds is 6. The van der Waals surface area contributed by atoms with E-state index >= 15 is 0 Å². The highest BCUT2D eigenvalue weighted by Gasteiger charge is 2.17. The first kappa shape index (κ1) is 18.7. The van der Waals surface area contributed by atoms with Crippen LogP contribution in [0.2, 0.25) is 0 Å². The zero-order valence-corrected chi connectivity index (χ0v) is 16.2. The highest BCUT2D eigenvalue weighted by atomic mass is 16.5. The first-order valence-electron chi connectivity index (χ1n) is 9.90. The third-order valence-electron chi connectivity index (χ3n) is 5.04. The van der Waals surface area contributed by atoms with E-state index in [9.17, 15) is 4.79 Å². The minimum absolute atomic E-state index is 0.110. The molecular weight excluding hydrogens is 352 g/mol. The van der Waals surface area contributed by atoms with Gasteiger partial charge < -0.3 is 14.6 Å². The number of nitrogens with zero attached hydrogens (tertiary/aromatic N) is 3. The average molecular weight is 378 g/mol. The van der Waals surface area contributed by atoms with Gasteiger partial charge in [0, 0.05) is 30.9 Å². The van der Waals surface area contributed by atoms with E-state index < -0.39 is 0 Å². The lowest BCUT2D eigenvalue weighted by Gasteiger charge is -2.26. The van der Waals surface area contributed by atoms with Crippen LogP contribution < -0.4 is 5.32 Å². The summed E-state index contributed by atoms with van der Waals surface area (Å²) < 4.78 is 7.75. The maximum atomic E-state index is 12.4. The zero-order chi connectivity index (χ0) is 19.3. The maximum absolute atomic E-state index is 12.4. The van der Waals surface area contributed by atoms with Gasteiger partial charge in [0.15, 0.2) is 0 Å². The summed E-state index contributed by atoms with van der Waals surface area (Å²) in [5.74, 6) is 0.965. The van der Waals surface area contributed by atoms with Crippen molar-refractivity contribution in [3.05, 3.63) is 59.9 Å². The van der Waals surface area contributed by atoms with Crippen molar-refractivity contribution in [2.75, 3.05) is 31.6 Å². The first-order chi connectivity index (χ1) is 13.7. The fourth-order valence-electron chi connectivity index (χ4n) is 3.60. The van der Waals surface area contributed by atoms with Crippen LogP contribution in [-0.2, 0) is 17.8 Å². The van der Waals surface area contributed by atoms with Crippen LogP contribution in [0.5, 0.6) is 0 Å². The van der Waals surface area contributed by atoms with Crippen molar-refractivity contribution in [3.8, 4) is 0 Å². The van der Waals surface area contributed by atoms with Crippen LogP contribution in [0.1, 0.15) is 29.5 Å². The van der Waals surface area contributed by atoms with E-state index in [2.05, 4.69) is 27.8 Å². The van der Waals surface area contributed by atoms with Gasteiger partial charge in [-0.1, -0.05) is 25.1 Å². The Morgan fingerprint density at radius 1 is 1.14 bits per heavy atom. The lowest BCUT2D eigenvalue weighted by molar-refractivity contribution is 0.0326. The van der Waals surface area contributed by atoms with Gasteiger partial charge in [0.25, 0.3) is 5.91 Å². The van der Waals surface area contributed by atoms with Crippen LogP contribution in [0, 0.1) is 0 Å². The van der Waals surface area contributed by atoms with Crippen LogP contribution in [-0.4, -0.2) is 46.7 Å². The molecule has 0 unspecified atom stereocenters. The highest BCUT2D eigenvalue weighted by molar-refractivity contribution is 6.04. The Bertz CT molecular complexity index is 946. The van der Waals surface area contributed by atoms with Gasteiger partial charge >= 0.3 is 0 Å². The Labute approximate surface area is 165 Å². The zero-order valence-electron chi connectivity index (χ0n) is 16.2. The van der Waals surface area contributed by atoms with Gasteiger partial charge in [0.1, 0.15) is 5.82 Å². The molecule has 1 aromatic heterocycles. The van der Waals surface area contributed by atoms with Crippen molar-refractivity contribution < 1.29 is 9.53 Å². The van der Waals surface area contributed by atoms with E-state index in [1.165, 1.54) is 0 Å². The molecule has 28 heavy (non-hydrogen) atoms. The predicted octanol–water partition coefficient (Wildman–Crippen LogP) is 3.53. The molecule has 0 atom stereocenters. The van der Waals surface area contributed by atoms with E-state index in [1.807, 2.05) is 42.5 Å². The van der Waals surface area contributed by atoms with Gasteiger partial charge in [-0.2, -0.15) is 0 Å². The van der Waals surface area contributed by atoms with Crippen LogP contribution in [0.3, 0.4) is 0 Å². The van der Waals surface area contributed by atoms with Crippen molar-refractivity contribution in [3.63, 3.8) is 0 Å². The van der Waals surface area contributed by atoms with Crippen LogP contribution in [0.25, 0.3) is 11.0 Å². The molecule has 146 valence electrons. The Kier molecular flexibility index (Phi) is 5.69. The number of nitrogens with one attached hydrogen (secondary N) is 1. The molecule has 2 aromatic carbocycles. The smallest absolute Gasteiger partial charge is 0.255 e. The molecule has 2 heterocycles. The summed E-state index contributed by atoms with van der Waals surface area (Å²) in [6.07, 6.45) is 1.05. The number of morpholine rings is 1. The van der Waals surface area contributed by atoms with E-state index in [4.69, 9.17) is 9.72 Å².